The molecule has 1 saturated heterocycles. The Morgan fingerprint density at radius 1 is 1.22 bits per heavy atom. The lowest BCUT2D eigenvalue weighted by Gasteiger charge is -2.27. The van der Waals surface area contributed by atoms with E-state index >= 15 is 0 Å². The van der Waals surface area contributed by atoms with Gasteiger partial charge in [-0.25, -0.2) is 15.0 Å². The summed E-state index contributed by atoms with van der Waals surface area (Å²) in [6.07, 6.45) is 2.56. The van der Waals surface area contributed by atoms with Crippen molar-refractivity contribution in [3.05, 3.63) is 23.9 Å². The molecule has 2 N–H and O–H groups in total. The van der Waals surface area contributed by atoms with Gasteiger partial charge in [-0.05, 0) is 13.8 Å². The zero-order valence-corrected chi connectivity index (χ0v) is 13.7. The number of aryl methyl sites for hydroxylation is 2. The van der Waals surface area contributed by atoms with E-state index in [1.54, 1.807) is 13.8 Å². The van der Waals surface area contributed by atoms with Crippen LogP contribution in [0.3, 0.4) is 0 Å². The van der Waals surface area contributed by atoms with Crippen LogP contribution in [0.15, 0.2) is 17.6 Å². The first-order valence-corrected chi connectivity index (χ1v) is 8.65. The number of ether oxygens (including phenoxy) is 1. The van der Waals surface area contributed by atoms with E-state index < -0.39 is 10.0 Å². The van der Waals surface area contributed by atoms with Crippen molar-refractivity contribution in [3.63, 3.8) is 0 Å². The molecule has 0 aromatic carbocycles. The highest BCUT2D eigenvalue weighted by molar-refractivity contribution is 7.92. The molecule has 2 aromatic rings. The Balaban J connectivity index is 1.89. The minimum absolute atomic E-state index is 0.00597. The minimum Gasteiger partial charge on any atom is -0.378 e. The maximum Gasteiger partial charge on any atom is 0.279 e. The van der Waals surface area contributed by atoms with Crippen LogP contribution in [0.4, 0.5) is 11.6 Å². The molecule has 23 heavy (non-hydrogen) atoms. The number of morpholine rings is 1. The highest BCUT2D eigenvalue weighted by atomic mass is 32.2. The van der Waals surface area contributed by atoms with Gasteiger partial charge in [0.05, 0.1) is 42.8 Å². The second-order valence-electron chi connectivity index (χ2n) is 5.19. The van der Waals surface area contributed by atoms with Gasteiger partial charge in [-0.2, -0.15) is 8.42 Å². The lowest BCUT2D eigenvalue weighted by Crippen LogP contribution is -2.37. The monoisotopic (exact) mass is 338 g/mol. The van der Waals surface area contributed by atoms with E-state index in [0.29, 0.717) is 36.2 Å². The molecule has 0 atom stereocenters. The lowest BCUT2D eigenvalue weighted by atomic mass is 10.3. The van der Waals surface area contributed by atoms with Crippen LogP contribution in [-0.4, -0.2) is 54.7 Å². The summed E-state index contributed by atoms with van der Waals surface area (Å²) in [6, 6.07) is 0. The van der Waals surface area contributed by atoms with Gasteiger partial charge in [-0.15, -0.1) is 0 Å². The van der Waals surface area contributed by atoms with Crippen molar-refractivity contribution in [2.75, 3.05) is 35.9 Å². The molecule has 124 valence electrons. The third kappa shape index (κ3) is 3.27. The summed E-state index contributed by atoms with van der Waals surface area (Å²) in [7, 11) is -3.73. The van der Waals surface area contributed by atoms with E-state index in [1.807, 2.05) is 4.90 Å². The lowest BCUT2D eigenvalue weighted by molar-refractivity contribution is 0.122. The maximum absolute atomic E-state index is 12.3. The number of anilines is 2. The third-order valence-corrected chi connectivity index (χ3v) is 4.83. The Hall–Kier alpha value is -2.20. The van der Waals surface area contributed by atoms with Crippen LogP contribution in [0, 0.1) is 13.8 Å². The summed E-state index contributed by atoms with van der Waals surface area (Å²) < 4.78 is 32.4. The molecular formula is C13H18N6O3S. The van der Waals surface area contributed by atoms with Gasteiger partial charge in [0, 0.05) is 13.1 Å². The van der Waals surface area contributed by atoms with Crippen LogP contribution in [0.25, 0.3) is 0 Å². The van der Waals surface area contributed by atoms with Crippen molar-refractivity contribution in [3.8, 4) is 0 Å². The molecule has 1 aliphatic rings. The average molecular weight is 338 g/mol. The Bertz CT molecular complexity index is 761. The average Bonchev–Trinajstić information content (AvgIpc) is 3.07. The number of imidazole rings is 1. The van der Waals surface area contributed by atoms with Crippen LogP contribution in [0.1, 0.15) is 11.4 Å². The van der Waals surface area contributed by atoms with Crippen molar-refractivity contribution < 1.29 is 13.2 Å². The molecule has 2 aromatic heterocycles. The summed E-state index contributed by atoms with van der Waals surface area (Å²) in [6.45, 7) is 6.22. The number of hydrogen-bond donors (Lipinski definition) is 2. The molecule has 0 bridgehead atoms. The molecule has 0 amide bonds. The molecular weight excluding hydrogens is 320 g/mol. The first-order chi connectivity index (χ1) is 11.0. The summed E-state index contributed by atoms with van der Waals surface area (Å²) in [5, 5.41) is -0.00597. The van der Waals surface area contributed by atoms with Gasteiger partial charge in [0.15, 0.2) is 5.03 Å². The van der Waals surface area contributed by atoms with E-state index in [2.05, 4.69) is 24.7 Å². The molecule has 0 radical (unpaired) electrons. The number of rotatable bonds is 4. The molecule has 1 fully saturated rings. The number of H-pyrrole nitrogens is 1. The van der Waals surface area contributed by atoms with Gasteiger partial charge in [-0.3, -0.25) is 4.72 Å². The van der Waals surface area contributed by atoms with Crippen molar-refractivity contribution in [1.29, 1.82) is 0 Å². The second-order valence-corrected chi connectivity index (χ2v) is 6.84. The minimum atomic E-state index is -3.73. The van der Waals surface area contributed by atoms with Gasteiger partial charge < -0.3 is 14.6 Å². The first kappa shape index (κ1) is 15.7. The van der Waals surface area contributed by atoms with Gasteiger partial charge in [0.25, 0.3) is 10.0 Å². The molecule has 0 aliphatic carbocycles. The Kier molecular flexibility index (Phi) is 4.18. The van der Waals surface area contributed by atoms with Crippen LogP contribution in [-0.2, 0) is 14.8 Å². The fourth-order valence-corrected chi connectivity index (χ4v) is 3.41. The van der Waals surface area contributed by atoms with E-state index in [-0.39, 0.29) is 5.03 Å². The van der Waals surface area contributed by atoms with Crippen molar-refractivity contribution >= 4 is 21.7 Å². The Morgan fingerprint density at radius 2 is 1.87 bits per heavy atom. The first-order valence-electron chi connectivity index (χ1n) is 7.16. The molecule has 9 nitrogen and oxygen atoms in total. The maximum atomic E-state index is 12.3. The largest absolute Gasteiger partial charge is 0.378 e. The van der Waals surface area contributed by atoms with Crippen LogP contribution >= 0.6 is 0 Å². The van der Waals surface area contributed by atoms with Crippen molar-refractivity contribution in [2.45, 2.75) is 18.9 Å². The summed E-state index contributed by atoms with van der Waals surface area (Å²) in [4.78, 5) is 17.2. The molecule has 0 spiro atoms. The predicted octanol–water partition coefficient (Wildman–Crippen LogP) is 0.454. The van der Waals surface area contributed by atoms with Gasteiger partial charge in [0.2, 0.25) is 5.95 Å². The Labute approximate surface area is 134 Å². The summed E-state index contributed by atoms with van der Waals surface area (Å²) in [5.74, 6) is 0.591. The molecule has 1 aliphatic heterocycles. The Morgan fingerprint density at radius 3 is 2.43 bits per heavy atom. The number of nitrogens with zero attached hydrogens (tertiary/aromatic N) is 4. The molecule has 10 heteroatoms. The van der Waals surface area contributed by atoms with E-state index in [0.717, 1.165) is 13.1 Å². The number of aromatic amines is 1. The number of hydrogen-bond acceptors (Lipinski definition) is 7. The number of nitrogens with one attached hydrogen (secondary N) is 2. The second kappa shape index (κ2) is 6.13. The van der Waals surface area contributed by atoms with Crippen molar-refractivity contribution in [1.82, 2.24) is 19.9 Å². The highest BCUT2D eigenvalue weighted by Gasteiger charge is 2.21. The zero-order valence-electron chi connectivity index (χ0n) is 12.9. The van der Waals surface area contributed by atoms with E-state index in [9.17, 15) is 8.42 Å². The topological polar surface area (TPSA) is 113 Å². The van der Waals surface area contributed by atoms with Crippen molar-refractivity contribution in [2.24, 2.45) is 0 Å². The smallest absolute Gasteiger partial charge is 0.279 e. The van der Waals surface area contributed by atoms with Crippen LogP contribution in [0.2, 0.25) is 0 Å². The standard InChI is InChI=1S/C13H18N6O3S/c1-9-12(18-23(20,21)11-7-14-8-15-11)10(2)17-13(16-9)19-3-5-22-6-4-19/h7-8,18H,3-6H2,1-2H3,(H,14,15). The molecule has 0 unspecified atom stereocenters. The van der Waals surface area contributed by atoms with Gasteiger partial charge in [0.1, 0.15) is 0 Å². The predicted molar refractivity (Wildman–Crippen MR) is 83.9 cm³/mol. The quantitative estimate of drug-likeness (QED) is 0.832. The highest BCUT2D eigenvalue weighted by Crippen LogP contribution is 2.23. The third-order valence-electron chi connectivity index (χ3n) is 3.55. The van der Waals surface area contributed by atoms with E-state index in [4.69, 9.17) is 4.74 Å². The van der Waals surface area contributed by atoms with Crippen LogP contribution in [0.5, 0.6) is 0 Å². The van der Waals surface area contributed by atoms with Gasteiger partial charge in [-0.1, -0.05) is 0 Å². The summed E-state index contributed by atoms with van der Waals surface area (Å²) >= 11 is 0. The molecule has 0 saturated carbocycles. The van der Waals surface area contributed by atoms with Gasteiger partial charge >= 0.3 is 0 Å². The fourth-order valence-electron chi connectivity index (χ4n) is 2.33. The number of sulfonamides is 1. The summed E-state index contributed by atoms with van der Waals surface area (Å²) in [5.41, 5.74) is 1.53. The molecule has 3 heterocycles. The zero-order chi connectivity index (χ0) is 16.4. The SMILES string of the molecule is Cc1nc(N2CCOCC2)nc(C)c1NS(=O)(=O)c1cnc[nH]1. The van der Waals surface area contributed by atoms with Crippen LogP contribution < -0.4 is 9.62 Å². The van der Waals surface area contributed by atoms with E-state index in [1.165, 1.54) is 12.5 Å². The number of aromatic nitrogens is 4. The molecule has 3 rings (SSSR count). The normalized spacial score (nSPS) is 15.7. The fraction of sp³-hybridized carbons (Fsp3) is 0.462.